The number of hydrogen-bond donors (Lipinski definition) is 2. The van der Waals surface area contributed by atoms with Crippen LogP contribution in [0.2, 0.25) is 0 Å². The Balaban J connectivity index is 2.10. The van der Waals surface area contributed by atoms with E-state index in [1.54, 1.807) is 18.2 Å². The van der Waals surface area contributed by atoms with E-state index in [0.717, 1.165) is 38.2 Å². The number of hydrogen-bond acceptors (Lipinski definition) is 3. The lowest BCUT2D eigenvalue weighted by molar-refractivity contribution is 0.0718. The minimum absolute atomic E-state index is 0.0833. The van der Waals surface area contributed by atoms with Crippen LogP contribution in [-0.2, 0) is 0 Å². The first kappa shape index (κ1) is 15.8. The van der Waals surface area contributed by atoms with Crippen molar-refractivity contribution >= 4 is 5.91 Å². The highest BCUT2D eigenvalue weighted by Crippen LogP contribution is 2.19. The van der Waals surface area contributed by atoms with Crippen molar-refractivity contribution in [2.24, 2.45) is 5.92 Å². The molecular weight excluding hydrogens is 264 g/mol. The van der Waals surface area contributed by atoms with Gasteiger partial charge in [-0.3, -0.25) is 4.79 Å². The summed E-state index contributed by atoms with van der Waals surface area (Å²) in [5.41, 5.74) is 1.54. The number of aromatic hydroxyl groups is 1. The molecule has 1 fully saturated rings. The zero-order valence-corrected chi connectivity index (χ0v) is 13.1. The van der Waals surface area contributed by atoms with Crippen LogP contribution in [0.1, 0.15) is 42.1 Å². The summed E-state index contributed by atoms with van der Waals surface area (Å²) in [5.74, 6) is 0.842. The number of amides is 1. The maximum Gasteiger partial charge on any atom is 0.254 e. The Morgan fingerprint density at radius 3 is 2.90 bits per heavy atom. The number of phenolic OH excluding ortho intramolecular Hbond substituents is 1. The van der Waals surface area contributed by atoms with Gasteiger partial charge >= 0.3 is 0 Å². The molecule has 0 bridgehead atoms. The summed E-state index contributed by atoms with van der Waals surface area (Å²) < 4.78 is 0. The lowest BCUT2D eigenvalue weighted by atomic mass is 9.98. The smallest absolute Gasteiger partial charge is 0.254 e. The molecule has 1 aliphatic heterocycles. The summed E-state index contributed by atoms with van der Waals surface area (Å²) in [6, 6.07) is 4.97. The summed E-state index contributed by atoms with van der Waals surface area (Å²) >= 11 is 0. The summed E-state index contributed by atoms with van der Waals surface area (Å²) in [5, 5.41) is 12.9. The van der Waals surface area contributed by atoms with E-state index < -0.39 is 0 Å². The Morgan fingerprint density at radius 1 is 1.48 bits per heavy atom. The molecule has 4 nitrogen and oxygen atoms in total. The minimum Gasteiger partial charge on any atom is -0.508 e. The molecule has 2 rings (SSSR count). The van der Waals surface area contributed by atoms with Gasteiger partial charge in [0.1, 0.15) is 5.75 Å². The predicted molar refractivity (Wildman–Crippen MR) is 84.6 cm³/mol. The van der Waals surface area contributed by atoms with Crippen molar-refractivity contribution in [2.75, 3.05) is 26.2 Å². The first-order chi connectivity index (χ1) is 10.1. The second kappa shape index (κ2) is 7.46. The summed E-state index contributed by atoms with van der Waals surface area (Å²) in [6.07, 6.45) is 3.34. The average Bonchev–Trinajstić information content (AvgIpc) is 2.47. The third kappa shape index (κ3) is 4.21. The molecule has 0 radical (unpaired) electrons. The summed E-state index contributed by atoms with van der Waals surface area (Å²) in [4.78, 5) is 14.7. The number of benzene rings is 1. The zero-order chi connectivity index (χ0) is 15.2. The maximum absolute atomic E-state index is 12.8. The third-order valence-corrected chi connectivity index (χ3v) is 4.10. The average molecular weight is 290 g/mol. The van der Waals surface area contributed by atoms with E-state index in [1.165, 1.54) is 12.8 Å². The van der Waals surface area contributed by atoms with Crippen molar-refractivity contribution < 1.29 is 9.90 Å². The van der Waals surface area contributed by atoms with Gasteiger partial charge in [-0.25, -0.2) is 0 Å². The number of aryl methyl sites for hydroxylation is 1. The van der Waals surface area contributed by atoms with E-state index in [-0.39, 0.29) is 11.7 Å². The molecule has 1 saturated heterocycles. The predicted octanol–water partition coefficient (Wildman–Crippen LogP) is 2.55. The highest BCUT2D eigenvalue weighted by molar-refractivity contribution is 5.95. The number of phenols is 1. The lowest BCUT2D eigenvalue weighted by Crippen LogP contribution is -2.41. The van der Waals surface area contributed by atoms with Crippen molar-refractivity contribution in [1.29, 1.82) is 0 Å². The van der Waals surface area contributed by atoms with Gasteiger partial charge in [-0.15, -0.1) is 0 Å². The number of carbonyl (C=O) groups excluding carboxylic acids is 1. The van der Waals surface area contributed by atoms with Gasteiger partial charge in [0, 0.05) is 18.7 Å². The van der Waals surface area contributed by atoms with E-state index in [2.05, 4.69) is 12.2 Å². The van der Waals surface area contributed by atoms with Gasteiger partial charge in [0.15, 0.2) is 0 Å². The molecule has 0 aliphatic carbocycles. The van der Waals surface area contributed by atoms with Crippen LogP contribution in [-0.4, -0.2) is 42.1 Å². The first-order valence-electron chi connectivity index (χ1n) is 7.91. The Kier molecular flexibility index (Phi) is 5.62. The fraction of sp³-hybridized carbons (Fsp3) is 0.588. The van der Waals surface area contributed by atoms with Crippen LogP contribution in [0, 0.1) is 12.8 Å². The Bertz CT molecular complexity index is 482. The van der Waals surface area contributed by atoms with Gasteiger partial charge in [0.2, 0.25) is 0 Å². The molecule has 116 valence electrons. The molecule has 1 heterocycles. The van der Waals surface area contributed by atoms with E-state index in [0.29, 0.717) is 11.5 Å². The second-order valence-corrected chi connectivity index (χ2v) is 5.96. The van der Waals surface area contributed by atoms with E-state index in [1.807, 2.05) is 11.8 Å². The standard InChI is InChI=1S/C17H26N2O2/c1-3-9-19(12-14-5-4-8-18-11-14)17(21)16-7-6-15(20)10-13(16)2/h6-7,10,14,18,20H,3-5,8-9,11-12H2,1-2H3. The van der Waals surface area contributed by atoms with Crippen LogP contribution in [0.3, 0.4) is 0 Å². The molecule has 1 unspecified atom stereocenters. The van der Waals surface area contributed by atoms with E-state index in [4.69, 9.17) is 0 Å². The Labute approximate surface area is 127 Å². The van der Waals surface area contributed by atoms with E-state index in [9.17, 15) is 9.90 Å². The molecule has 1 aromatic rings. The molecule has 0 saturated carbocycles. The van der Waals surface area contributed by atoms with Crippen molar-refractivity contribution in [2.45, 2.75) is 33.1 Å². The fourth-order valence-electron chi connectivity index (χ4n) is 3.00. The normalized spacial score (nSPS) is 18.5. The van der Waals surface area contributed by atoms with Crippen LogP contribution in [0.5, 0.6) is 5.75 Å². The van der Waals surface area contributed by atoms with Gasteiger partial charge in [0.25, 0.3) is 5.91 Å². The number of rotatable bonds is 5. The number of nitrogens with zero attached hydrogens (tertiary/aromatic N) is 1. The summed E-state index contributed by atoms with van der Waals surface area (Å²) in [7, 11) is 0. The van der Waals surface area contributed by atoms with Crippen LogP contribution >= 0.6 is 0 Å². The van der Waals surface area contributed by atoms with Crippen LogP contribution in [0.15, 0.2) is 18.2 Å². The van der Waals surface area contributed by atoms with Crippen LogP contribution < -0.4 is 5.32 Å². The highest BCUT2D eigenvalue weighted by atomic mass is 16.3. The maximum atomic E-state index is 12.8. The van der Waals surface area contributed by atoms with Gasteiger partial charge in [0.05, 0.1) is 0 Å². The molecule has 0 aromatic heterocycles. The molecular formula is C17H26N2O2. The van der Waals surface area contributed by atoms with Crippen LogP contribution in [0.25, 0.3) is 0 Å². The molecule has 21 heavy (non-hydrogen) atoms. The number of carbonyl (C=O) groups is 1. The second-order valence-electron chi connectivity index (χ2n) is 5.96. The van der Waals surface area contributed by atoms with Crippen molar-refractivity contribution in [3.05, 3.63) is 29.3 Å². The molecule has 1 atom stereocenters. The first-order valence-corrected chi connectivity index (χ1v) is 7.91. The number of piperidine rings is 1. The highest BCUT2D eigenvalue weighted by Gasteiger charge is 2.22. The van der Waals surface area contributed by atoms with Crippen molar-refractivity contribution in [1.82, 2.24) is 10.2 Å². The molecule has 4 heteroatoms. The van der Waals surface area contributed by atoms with Gasteiger partial charge in [-0.2, -0.15) is 0 Å². The van der Waals surface area contributed by atoms with Gasteiger partial charge in [-0.1, -0.05) is 6.92 Å². The van der Waals surface area contributed by atoms with Crippen molar-refractivity contribution in [3.63, 3.8) is 0 Å². The van der Waals surface area contributed by atoms with Gasteiger partial charge in [-0.05, 0) is 69.0 Å². The lowest BCUT2D eigenvalue weighted by Gasteiger charge is -2.30. The van der Waals surface area contributed by atoms with Crippen molar-refractivity contribution in [3.8, 4) is 5.75 Å². The van der Waals surface area contributed by atoms with Crippen LogP contribution in [0.4, 0.5) is 0 Å². The monoisotopic (exact) mass is 290 g/mol. The molecule has 1 amide bonds. The fourth-order valence-corrected chi connectivity index (χ4v) is 3.00. The summed E-state index contributed by atoms with van der Waals surface area (Å²) in [6.45, 7) is 7.68. The topological polar surface area (TPSA) is 52.6 Å². The number of nitrogens with one attached hydrogen (secondary N) is 1. The quantitative estimate of drug-likeness (QED) is 0.876. The molecule has 2 N–H and O–H groups in total. The van der Waals surface area contributed by atoms with E-state index >= 15 is 0 Å². The van der Waals surface area contributed by atoms with Gasteiger partial charge < -0.3 is 15.3 Å². The largest absolute Gasteiger partial charge is 0.508 e. The third-order valence-electron chi connectivity index (χ3n) is 4.10. The minimum atomic E-state index is 0.0833. The molecule has 1 aromatic carbocycles. The zero-order valence-electron chi connectivity index (χ0n) is 13.1. The SMILES string of the molecule is CCCN(CC1CCCNC1)C(=O)c1ccc(O)cc1C. The molecule has 1 aliphatic rings. The Morgan fingerprint density at radius 2 is 2.29 bits per heavy atom. The molecule has 0 spiro atoms. The Hall–Kier alpha value is -1.55.